The topological polar surface area (TPSA) is 57.6 Å². The molecule has 1 aliphatic heterocycles. The number of carbonyl (C=O) groups excluding carboxylic acids is 1. The zero-order valence-electron chi connectivity index (χ0n) is 10.9. The summed E-state index contributed by atoms with van der Waals surface area (Å²) in [5, 5.41) is 8.66. The summed E-state index contributed by atoms with van der Waals surface area (Å²) < 4.78 is 0.985. The Bertz CT molecular complexity index is 539. The Labute approximate surface area is 120 Å². The maximum atomic E-state index is 12.1. The minimum atomic E-state index is -0.942. The molecule has 19 heavy (non-hydrogen) atoms. The van der Waals surface area contributed by atoms with Crippen molar-refractivity contribution in [3.05, 3.63) is 28.2 Å². The van der Waals surface area contributed by atoms with Crippen LogP contribution >= 0.6 is 15.9 Å². The number of halogens is 1. The third-order valence-electron chi connectivity index (χ3n) is 3.39. The van der Waals surface area contributed by atoms with Crippen LogP contribution in [0.3, 0.4) is 0 Å². The molecule has 1 aromatic carbocycles. The molecule has 0 bridgehead atoms. The van der Waals surface area contributed by atoms with Crippen LogP contribution in [-0.2, 0) is 15.0 Å². The van der Waals surface area contributed by atoms with Crippen molar-refractivity contribution in [2.45, 2.75) is 32.1 Å². The number of fused-ring (bicyclic) bond motifs is 1. The largest absolute Gasteiger partial charge is 0.481 e. The molecule has 1 aromatic rings. The monoisotopic (exact) mass is 325 g/mol. The molecule has 1 heterocycles. The third-order valence-corrected chi connectivity index (χ3v) is 3.88. The van der Waals surface area contributed by atoms with Gasteiger partial charge in [-0.25, -0.2) is 0 Å². The van der Waals surface area contributed by atoms with Gasteiger partial charge in [-0.05, 0) is 23.8 Å². The van der Waals surface area contributed by atoms with Gasteiger partial charge in [0, 0.05) is 28.5 Å². The summed E-state index contributed by atoms with van der Waals surface area (Å²) in [5.74, 6) is -1.07. The predicted molar refractivity (Wildman–Crippen MR) is 76.4 cm³/mol. The van der Waals surface area contributed by atoms with Crippen LogP contribution in [0.2, 0.25) is 0 Å². The summed E-state index contributed by atoms with van der Waals surface area (Å²) in [5.41, 5.74) is 1.90. The fourth-order valence-electron chi connectivity index (χ4n) is 2.42. The standard InChI is InChI=1S/C14H16BrNO3/c1-14(2)8-16(12(17)5-6-13(18)19)11-4-3-9(15)7-10(11)14/h3-4,7H,5-6,8H2,1-2H3,(H,18,19). The van der Waals surface area contributed by atoms with Crippen molar-refractivity contribution >= 4 is 33.5 Å². The Hall–Kier alpha value is -1.36. The lowest BCUT2D eigenvalue weighted by molar-refractivity contribution is -0.138. The highest BCUT2D eigenvalue weighted by Gasteiger charge is 2.37. The Kier molecular flexibility index (Phi) is 3.67. The van der Waals surface area contributed by atoms with Crippen molar-refractivity contribution < 1.29 is 14.7 Å². The van der Waals surface area contributed by atoms with E-state index in [9.17, 15) is 9.59 Å². The fraction of sp³-hybridized carbons (Fsp3) is 0.429. The number of amides is 1. The lowest BCUT2D eigenvalue weighted by Gasteiger charge is -2.20. The number of carboxylic acid groups (broad SMARTS) is 1. The number of carboxylic acids is 1. The first kappa shape index (κ1) is 14.1. The van der Waals surface area contributed by atoms with Gasteiger partial charge in [0.2, 0.25) is 5.91 Å². The van der Waals surface area contributed by atoms with E-state index in [1.807, 2.05) is 18.2 Å². The number of aliphatic carboxylic acids is 1. The smallest absolute Gasteiger partial charge is 0.303 e. The Balaban J connectivity index is 2.27. The molecule has 0 radical (unpaired) electrons. The number of nitrogens with zero attached hydrogens (tertiary/aromatic N) is 1. The van der Waals surface area contributed by atoms with E-state index >= 15 is 0 Å². The normalized spacial score (nSPS) is 16.3. The molecule has 0 spiro atoms. The first-order valence-corrected chi connectivity index (χ1v) is 6.93. The van der Waals surface area contributed by atoms with Crippen LogP contribution in [-0.4, -0.2) is 23.5 Å². The van der Waals surface area contributed by atoms with Crippen LogP contribution in [0.15, 0.2) is 22.7 Å². The van der Waals surface area contributed by atoms with E-state index in [0.717, 1.165) is 15.7 Å². The molecular formula is C14H16BrNO3. The molecule has 2 rings (SSSR count). The molecule has 0 fully saturated rings. The molecule has 0 atom stereocenters. The number of hydrogen-bond acceptors (Lipinski definition) is 2. The van der Waals surface area contributed by atoms with Gasteiger partial charge >= 0.3 is 5.97 Å². The Morgan fingerprint density at radius 1 is 1.37 bits per heavy atom. The summed E-state index contributed by atoms with van der Waals surface area (Å²) in [6.07, 6.45) is -0.0808. The number of anilines is 1. The Morgan fingerprint density at radius 2 is 2.05 bits per heavy atom. The molecule has 5 heteroatoms. The number of hydrogen-bond donors (Lipinski definition) is 1. The number of benzene rings is 1. The molecule has 0 saturated heterocycles. The van der Waals surface area contributed by atoms with Crippen LogP contribution in [0.1, 0.15) is 32.3 Å². The molecular weight excluding hydrogens is 310 g/mol. The first-order valence-electron chi connectivity index (χ1n) is 6.13. The van der Waals surface area contributed by atoms with Gasteiger partial charge in [-0.15, -0.1) is 0 Å². The van der Waals surface area contributed by atoms with Gasteiger partial charge in [-0.3, -0.25) is 9.59 Å². The number of carbonyl (C=O) groups is 2. The summed E-state index contributed by atoms with van der Waals surface area (Å²) in [4.78, 5) is 24.4. The highest BCUT2D eigenvalue weighted by atomic mass is 79.9. The van der Waals surface area contributed by atoms with E-state index in [-0.39, 0.29) is 24.2 Å². The van der Waals surface area contributed by atoms with Gasteiger partial charge in [-0.1, -0.05) is 29.8 Å². The average Bonchev–Trinajstić information content (AvgIpc) is 2.58. The summed E-state index contributed by atoms with van der Waals surface area (Å²) in [6.45, 7) is 4.77. The van der Waals surface area contributed by atoms with Gasteiger partial charge in [0.15, 0.2) is 0 Å². The van der Waals surface area contributed by atoms with Crippen LogP contribution in [0.4, 0.5) is 5.69 Å². The molecule has 0 saturated carbocycles. The molecule has 0 unspecified atom stereocenters. The van der Waals surface area contributed by atoms with E-state index in [1.165, 1.54) is 0 Å². The highest BCUT2D eigenvalue weighted by Crippen LogP contribution is 2.41. The lowest BCUT2D eigenvalue weighted by Crippen LogP contribution is -2.34. The summed E-state index contributed by atoms with van der Waals surface area (Å²) in [7, 11) is 0. The van der Waals surface area contributed by atoms with E-state index in [4.69, 9.17) is 5.11 Å². The average molecular weight is 326 g/mol. The molecule has 102 valence electrons. The van der Waals surface area contributed by atoms with E-state index in [2.05, 4.69) is 29.8 Å². The van der Waals surface area contributed by atoms with Crippen LogP contribution in [0, 0.1) is 0 Å². The van der Waals surface area contributed by atoms with Crippen molar-refractivity contribution in [2.24, 2.45) is 0 Å². The fourth-order valence-corrected chi connectivity index (χ4v) is 2.78. The second kappa shape index (κ2) is 4.96. The van der Waals surface area contributed by atoms with E-state index in [1.54, 1.807) is 4.90 Å². The van der Waals surface area contributed by atoms with Crippen LogP contribution in [0.5, 0.6) is 0 Å². The van der Waals surface area contributed by atoms with Crippen molar-refractivity contribution in [3.63, 3.8) is 0 Å². The second-order valence-corrected chi connectivity index (χ2v) is 6.33. The van der Waals surface area contributed by atoms with Crippen molar-refractivity contribution in [2.75, 3.05) is 11.4 Å². The van der Waals surface area contributed by atoms with Crippen molar-refractivity contribution in [1.29, 1.82) is 0 Å². The van der Waals surface area contributed by atoms with E-state index in [0.29, 0.717) is 6.54 Å². The van der Waals surface area contributed by atoms with Crippen molar-refractivity contribution in [1.82, 2.24) is 0 Å². The maximum Gasteiger partial charge on any atom is 0.303 e. The molecule has 4 nitrogen and oxygen atoms in total. The van der Waals surface area contributed by atoms with Gasteiger partial charge < -0.3 is 10.0 Å². The molecule has 0 aromatic heterocycles. The zero-order chi connectivity index (χ0) is 14.2. The molecule has 1 N–H and O–H groups in total. The zero-order valence-corrected chi connectivity index (χ0v) is 12.5. The third kappa shape index (κ3) is 2.81. The van der Waals surface area contributed by atoms with Gasteiger partial charge in [0.1, 0.15) is 0 Å². The quantitative estimate of drug-likeness (QED) is 0.929. The Morgan fingerprint density at radius 3 is 2.68 bits per heavy atom. The summed E-state index contributed by atoms with van der Waals surface area (Å²) >= 11 is 3.44. The van der Waals surface area contributed by atoms with Gasteiger partial charge in [0.05, 0.1) is 6.42 Å². The first-order chi connectivity index (χ1) is 8.81. The molecule has 1 aliphatic rings. The molecule has 1 amide bonds. The highest BCUT2D eigenvalue weighted by molar-refractivity contribution is 9.10. The van der Waals surface area contributed by atoms with E-state index < -0.39 is 5.97 Å². The minimum absolute atomic E-state index is 0.0426. The van der Waals surface area contributed by atoms with Gasteiger partial charge in [-0.2, -0.15) is 0 Å². The number of rotatable bonds is 3. The van der Waals surface area contributed by atoms with Gasteiger partial charge in [0.25, 0.3) is 0 Å². The van der Waals surface area contributed by atoms with Crippen molar-refractivity contribution in [3.8, 4) is 0 Å². The second-order valence-electron chi connectivity index (χ2n) is 5.42. The lowest BCUT2D eigenvalue weighted by atomic mass is 9.87. The maximum absolute atomic E-state index is 12.1. The van der Waals surface area contributed by atoms with Crippen LogP contribution < -0.4 is 4.90 Å². The summed E-state index contributed by atoms with van der Waals surface area (Å²) in [6, 6.07) is 5.84. The molecule has 0 aliphatic carbocycles. The predicted octanol–water partition coefficient (Wildman–Crippen LogP) is 2.94. The SMILES string of the molecule is CC1(C)CN(C(=O)CCC(=O)O)c2ccc(Br)cc21. The van der Waals surface area contributed by atoms with Crippen LogP contribution in [0.25, 0.3) is 0 Å². The minimum Gasteiger partial charge on any atom is -0.481 e.